The Bertz CT molecular complexity index is 2900. The molecule has 0 bridgehead atoms. The number of nitrogens with one attached hydrogen (secondary N) is 4. The van der Waals surface area contributed by atoms with E-state index in [4.69, 9.17) is 53.0 Å². The number of benzene rings is 2. The predicted molar refractivity (Wildman–Crippen MR) is 338 cm³/mol. The lowest BCUT2D eigenvalue weighted by atomic mass is 9.90. The van der Waals surface area contributed by atoms with Gasteiger partial charge in [-0.3, -0.25) is 0 Å². The lowest BCUT2D eigenvalue weighted by Crippen LogP contribution is -2.39. The number of fused-ring (bicyclic) bond motifs is 2. The summed E-state index contributed by atoms with van der Waals surface area (Å²) in [6, 6.07) is 11.1. The van der Waals surface area contributed by atoms with Crippen molar-refractivity contribution >= 4 is 132 Å². The van der Waals surface area contributed by atoms with Gasteiger partial charge in [-0.2, -0.15) is 19.9 Å². The normalized spacial score (nSPS) is 22.0. The third kappa shape index (κ3) is 17.3. The molecule has 6 aromatic rings. The molecule has 6 aliphatic rings. The number of hydrazine groups is 2. The van der Waals surface area contributed by atoms with Crippen molar-refractivity contribution in [2.45, 2.75) is 178 Å². The Morgan fingerprint density at radius 2 is 0.939 bits per heavy atom. The fourth-order valence-electron chi connectivity index (χ4n) is 12.7. The van der Waals surface area contributed by atoms with Crippen LogP contribution >= 0.6 is 86.0 Å². The van der Waals surface area contributed by atoms with Crippen molar-refractivity contribution in [3.8, 4) is 0 Å². The lowest BCUT2D eigenvalue weighted by molar-refractivity contribution is 0.216. The van der Waals surface area contributed by atoms with E-state index in [1.807, 2.05) is 18.7 Å². The second kappa shape index (κ2) is 32.2. The molecule has 0 atom stereocenters. The highest BCUT2D eigenvalue weighted by molar-refractivity contribution is 6.31. The Hall–Kier alpha value is -3.60. The quantitative estimate of drug-likeness (QED) is 0.0603. The molecular weight excluding hydrogens is 1200 g/mol. The van der Waals surface area contributed by atoms with Crippen molar-refractivity contribution in [2.24, 2.45) is 23.3 Å². The molecule has 0 spiro atoms. The van der Waals surface area contributed by atoms with Crippen molar-refractivity contribution in [1.29, 1.82) is 0 Å². The van der Waals surface area contributed by atoms with Crippen LogP contribution in [0.1, 0.15) is 152 Å². The van der Waals surface area contributed by atoms with Gasteiger partial charge in [-0.25, -0.2) is 33.2 Å². The fraction of sp³-hybridized carbons (Fsp3) is 0.607. The summed E-state index contributed by atoms with van der Waals surface area (Å²) in [5.41, 5.74) is 24.7. The fourth-order valence-corrected chi connectivity index (χ4v) is 12.9. The van der Waals surface area contributed by atoms with Crippen LogP contribution in [0.3, 0.4) is 0 Å². The van der Waals surface area contributed by atoms with E-state index < -0.39 is 11.6 Å². The number of aromatic nitrogens is 8. The Kier molecular flexibility index (Phi) is 27.2. The maximum Gasteiger partial charge on any atom is 0.227 e. The summed E-state index contributed by atoms with van der Waals surface area (Å²) in [5.74, 6) is 1.91. The maximum atomic E-state index is 13.6. The number of anilines is 4. The van der Waals surface area contributed by atoms with Gasteiger partial charge in [0.2, 0.25) is 11.9 Å². The van der Waals surface area contributed by atoms with Crippen LogP contribution in [0.15, 0.2) is 49.1 Å². The second-order valence-corrected chi connectivity index (χ2v) is 23.2. The van der Waals surface area contributed by atoms with Crippen LogP contribution in [-0.4, -0.2) is 99.4 Å². The molecule has 8 N–H and O–H groups in total. The van der Waals surface area contributed by atoms with Crippen LogP contribution in [0.5, 0.6) is 0 Å². The first-order valence-electron chi connectivity index (χ1n) is 28.5. The number of halogens is 10. The van der Waals surface area contributed by atoms with E-state index in [0.29, 0.717) is 65.0 Å². The smallest absolute Gasteiger partial charge is 0.227 e. The van der Waals surface area contributed by atoms with Gasteiger partial charge in [0.1, 0.15) is 5.82 Å². The summed E-state index contributed by atoms with van der Waals surface area (Å²) in [5, 5.41) is 12.1. The monoisotopic (exact) mass is 1280 g/mol. The number of piperidine rings is 2. The molecule has 2 aliphatic heterocycles. The Morgan fingerprint density at radius 1 is 0.500 bits per heavy atom. The summed E-state index contributed by atoms with van der Waals surface area (Å²) in [7, 11) is 0. The molecule has 456 valence electrons. The van der Waals surface area contributed by atoms with Gasteiger partial charge in [0, 0.05) is 67.5 Å². The lowest BCUT2D eigenvalue weighted by Gasteiger charge is -2.32. The molecule has 4 aliphatic carbocycles. The van der Waals surface area contributed by atoms with Crippen LogP contribution in [0.25, 0.3) is 22.3 Å². The summed E-state index contributed by atoms with van der Waals surface area (Å²) >= 11 is 6.28. The zero-order valence-corrected chi connectivity index (χ0v) is 51.9. The highest BCUT2D eigenvalue weighted by atomic mass is 35.5. The third-order valence-electron chi connectivity index (χ3n) is 17.3. The topological polar surface area (TPSA) is 194 Å². The minimum Gasteiger partial charge on any atom is -0.351 e. The Morgan fingerprint density at radius 3 is 1.37 bits per heavy atom. The number of nitrogens with zero attached hydrogens (tertiary/aromatic N) is 10. The van der Waals surface area contributed by atoms with Crippen LogP contribution < -0.4 is 33.0 Å². The largest absolute Gasteiger partial charge is 0.351 e. The summed E-state index contributed by atoms with van der Waals surface area (Å²) in [4.78, 5) is 29.3. The minimum atomic E-state index is -0.791. The van der Waals surface area contributed by atoms with E-state index in [-0.39, 0.29) is 80.3 Å². The maximum absolute atomic E-state index is 13.6. The van der Waals surface area contributed by atoms with Crippen LogP contribution in [-0.2, 0) is 12.8 Å². The summed E-state index contributed by atoms with van der Waals surface area (Å²) < 4.78 is 44.9. The van der Waals surface area contributed by atoms with Gasteiger partial charge < -0.3 is 42.1 Å². The first kappa shape index (κ1) is 69.2. The van der Waals surface area contributed by atoms with Gasteiger partial charge in [-0.1, -0.05) is 49.4 Å². The molecule has 26 heteroatoms. The molecule has 4 saturated carbocycles. The SMILES string of the molecule is Cl.Cl.Cl.Cl.Cl.Cl.NC1CCC(Nc2nc(NN3CCC(Cc4ccc(F)c(F)c4)CC3)c3ncn(C4CCCC4)c3n2)CC1.NC1CCC(Nc2nc(NN3CCC(Cc4ccc(F)cc4Cl)CC3)c3ncn(C4CCCC4)c3n2)CC1. The number of nitrogens with two attached hydrogens (primary N) is 2. The molecule has 2 aromatic carbocycles. The third-order valence-corrected chi connectivity index (χ3v) is 17.6. The van der Waals surface area contributed by atoms with E-state index in [1.54, 1.807) is 6.07 Å². The minimum absolute atomic E-state index is 0. The molecule has 82 heavy (non-hydrogen) atoms. The zero-order valence-electron chi connectivity index (χ0n) is 46.2. The summed E-state index contributed by atoms with van der Waals surface area (Å²) in [6.45, 7) is 3.46. The van der Waals surface area contributed by atoms with Crippen molar-refractivity contribution < 1.29 is 13.2 Å². The predicted octanol–water partition coefficient (Wildman–Crippen LogP) is 13.4. The van der Waals surface area contributed by atoms with E-state index in [9.17, 15) is 13.2 Å². The molecule has 0 amide bonds. The van der Waals surface area contributed by atoms with E-state index in [2.05, 4.69) is 40.6 Å². The molecule has 0 unspecified atom stereocenters. The van der Waals surface area contributed by atoms with Crippen LogP contribution in [0.4, 0.5) is 36.7 Å². The van der Waals surface area contributed by atoms with Gasteiger partial charge in [0.15, 0.2) is 45.6 Å². The van der Waals surface area contributed by atoms with Gasteiger partial charge in [0.05, 0.1) is 12.7 Å². The highest BCUT2D eigenvalue weighted by Crippen LogP contribution is 2.36. The van der Waals surface area contributed by atoms with Crippen LogP contribution in [0.2, 0.25) is 5.02 Å². The van der Waals surface area contributed by atoms with Crippen molar-refractivity contribution in [3.63, 3.8) is 0 Å². The summed E-state index contributed by atoms with van der Waals surface area (Å²) in [6.07, 6.45) is 27.4. The molecule has 0 radical (unpaired) electrons. The number of hydrogen-bond acceptors (Lipinski definition) is 14. The second-order valence-electron chi connectivity index (χ2n) is 22.8. The van der Waals surface area contributed by atoms with E-state index in [0.717, 1.165) is 174 Å². The first-order valence-corrected chi connectivity index (χ1v) is 28.9. The molecule has 6 heterocycles. The zero-order chi connectivity index (χ0) is 52.1. The Balaban J connectivity index is 0.000000280. The number of rotatable bonds is 14. The number of hydrogen-bond donors (Lipinski definition) is 6. The molecular formula is C56H82Cl7F3N16. The average molecular weight is 1280 g/mol. The van der Waals surface area contributed by atoms with Crippen molar-refractivity contribution in [1.82, 2.24) is 49.1 Å². The van der Waals surface area contributed by atoms with Crippen molar-refractivity contribution in [3.05, 3.63) is 82.7 Å². The van der Waals surface area contributed by atoms with E-state index >= 15 is 0 Å². The molecule has 6 fully saturated rings. The molecule has 2 saturated heterocycles. The number of imidazole rings is 2. The van der Waals surface area contributed by atoms with E-state index in [1.165, 1.54) is 62.8 Å². The highest BCUT2D eigenvalue weighted by Gasteiger charge is 2.29. The molecule has 4 aromatic heterocycles. The van der Waals surface area contributed by atoms with Gasteiger partial charge in [0.25, 0.3) is 0 Å². The van der Waals surface area contributed by atoms with Crippen molar-refractivity contribution in [2.75, 3.05) is 47.7 Å². The van der Waals surface area contributed by atoms with Gasteiger partial charge >= 0.3 is 0 Å². The first-order chi connectivity index (χ1) is 37.0. The van der Waals surface area contributed by atoms with Gasteiger partial charge in [-0.15, -0.1) is 74.4 Å². The van der Waals surface area contributed by atoms with Crippen LogP contribution in [0, 0.1) is 29.3 Å². The molecule has 12 rings (SSSR count). The average Bonchev–Trinajstić information content (AvgIpc) is 4.49. The van der Waals surface area contributed by atoms with Gasteiger partial charge in [-0.05, 0) is 163 Å². The standard InChI is InChI=1S/C28H38ClFN8.C28H38F2N8.6ClH/c29-24-16-20(30)6-5-19(24)15-18-11-13-37(14-12-18)36-26-25-27(38(17-32-25)23-3-1-2-4-23)35-28(34-26)33-22-9-7-21(31)8-10-22;29-23-10-5-19(16-24(23)30)15-18-11-13-37(14-12-18)36-26-25-27(38(17-32-25)22-3-1-2-4-22)35-28(34-26)33-21-8-6-20(31)7-9-21;;;;;;/h5-6,16-18,21-23H,1-4,7-15,31H2,(H2,33,34,35,36);5,10,16-18,20-22H,1-4,6-9,11-15,31H2,(H2,33,34,35,36);6*1H. The molecule has 16 nitrogen and oxygen atoms in total. The Labute approximate surface area is 522 Å².